The molecule has 2 atom stereocenters. The van der Waals surface area contributed by atoms with E-state index in [1.54, 1.807) is 0 Å². The first-order chi connectivity index (χ1) is 11.5. The third kappa shape index (κ3) is 3.76. The fraction of sp³-hybridized carbons (Fsp3) is 0.438. The number of hydrogen-bond donors (Lipinski definition) is 2. The average Bonchev–Trinajstić information content (AvgIpc) is 3.06. The van der Waals surface area contributed by atoms with Gasteiger partial charge < -0.3 is 10.6 Å². The molecule has 0 aliphatic heterocycles. The summed E-state index contributed by atoms with van der Waals surface area (Å²) < 4.78 is 1.52. The van der Waals surface area contributed by atoms with Gasteiger partial charge in [-0.1, -0.05) is 13.0 Å². The van der Waals surface area contributed by atoms with Crippen LogP contribution in [0.5, 0.6) is 0 Å². The molecule has 3 rings (SSSR count). The molecule has 0 radical (unpaired) electrons. The molecule has 2 amide bonds. The van der Waals surface area contributed by atoms with E-state index in [4.69, 9.17) is 0 Å². The lowest BCUT2D eigenvalue weighted by Crippen LogP contribution is -2.29. The maximum Gasteiger partial charge on any atom is 0.226 e. The number of amides is 2. The fourth-order valence-electron chi connectivity index (χ4n) is 2.50. The highest BCUT2D eigenvalue weighted by Crippen LogP contribution is 2.37. The molecule has 1 aromatic carbocycles. The maximum atomic E-state index is 12.1. The minimum absolute atomic E-state index is 0.0483. The number of tetrazole rings is 1. The quantitative estimate of drug-likeness (QED) is 0.826. The van der Waals surface area contributed by atoms with Crippen molar-refractivity contribution in [1.82, 2.24) is 25.5 Å². The largest absolute Gasteiger partial charge is 0.355 e. The van der Waals surface area contributed by atoms with E-state index in [0.29, 0.717) is 18.2 Å². The smallest absolute Gasteiger partial charge is 0.226 e. The lowest BCUT2D eigenvalue weighted by molar-refractivity contribution is -0.122. The van der Waals surface area contributed by atoms with Crippen molar-refractivity contribution in [3.63, 3.8) is 0 Å². The predicted octanol–water partition coefficient (Wildman–Crippen LogP) is 1.07. The van der Waals surface area contributed by atoms with Gasteiger partial charge in [-0.05, 0) is 47.4 Å². The number of aryl methyl sites for hydroxylation is 1. The monoisotopic (exact) mass is 328 g/mol. The Hall–Kier alpha value is -2.77. The number of benzene rings is 1. The molecule has 2 aromatic rings. The number of carbonyl (C=O) groups is 2. The van der Waals surface area contributed by atoms with Crippen molar-refractivity contribution in [2.45, 2.75) is 26.7 Å². The molecule has 1 aromatic heterocycles. The van der Waals surface area contributed by atoms with Crippen LogP contribution in [0.25, 0.3) is 5.69 Å². The van der Waals surface area contributed by atoms with E-state index in [9.17, 15) is 9.59 Å². The SMILES string of the molecule is Cc1ccc(-n2cnnn2)cc1NC(=O)CCNC(=O)C1CC1C. The van der Waals surface area contributed by atoms with Gasteiger partial charge in [-0.2, -0.15) is 0 Å². The Balaban J connectivity index is 1.54. The molecule has 8 nitrogen and oxygen atoms in total. The number of aromatic nitrogens is 4. The first kappa shape index (κ1) is 16.1. The van der Waals surface area contributed by atoms with Gasteiger partial charge in [-0.15, -0.1) is 5.10 Å². The van der Waals surface area contributed by atoms with Gasteiger partial charge in [-0.25, -0.2) is 4.68 Å². The third-order valence-electron chi connectivity index (χ3n) is 4.21. The summed E-state index contributed by atoms with van der Waals surface area (Å²) in [6, 6.07) is 5.58. The summed E-state index contributed by atoms with van der Waals surface area (Å²) in [6.45, 7) is 4.31. The van der Waals surface area contributed by atoms with Crippen LogP contribution < -0.4 is 10.6 Å². The van der Waals surface area contributed by atoms with Gasteiger partial charge in [0.15, 0.2) is 0 Å². The second-order valence-corrected chi connectivity index (χ2v) is 6.16. The number of nitrogens with one attached hydrogen (secondary N) is 2. The molecule has 0 bridgehead atoms. The molecule has 8 heteroatoms. The number of carbonyl (C=O) groups excluding carboxylic acids is 2. The van der Waals surface area contributed by atoms with E-state index in [-0.39, 0.29) is 24.2 Å². The van der Waals surface area contributed by atoms with Gasteiger partial charge in [0.05, 0.1) is 5.69 Å². The van der Waals surface area contributed by atoms with Crippen LogP contribution in [-0.2, 0) is 9.59 Å². The molecule has 1 saturated carbocycles. The topological polar surface area (TPSA) is 102 Å². The van der Waals surface area contributed by atoms with Gasteiger partial charge in [0.2, 0.25) is 11.8 Å². The minimum Gasteiger partial charge on any atom is -0.355 e. The van der Waals surface area contributed by atoms with Gasteiger partial charge in [0.1, 0.15) is 6.33 Å². The zero-order valence-electron chi connectivity index (χ0n) is 13.7. The van der Waals surface area contributed by atoms with Crippen LogP contribution in [0, 0.1) is 18.8 Å². The van der Waals surface area contributed by atoms with Crippen LogP contribution >= 0.6 is 0 Å². The first-order valence-corrected chi connectivity index (χ1v) is 7.96. The molecular weight excluding hydrogens is 308 g/mol. The summed E-state index contributed by atoms with van der Waals surface area (Å²) >= 11 is 0. The number of anilines is 1. The Labute approximate surface area is 139 Å². The van der Waals surface area contributed by atoms with Crippen molar-refractivity contribution in [3.05, 3.63) is 30.1 Å². The summed E-state index contributed by atoms with van der Waals surface area (Å²) in [6.07, 6.45) is 2.67. The Morgan fingerprint density at radius 2 is 2.17 bits per heavy atom. The van der Waals surface area contributed by atoms with E-state index in [2.05, 4.69) is 33.1 Å². The Bertz CT molecular complexity index is 743. The Morgan fingerprint density at radius 1 is 1.38 bits per heavy atom. The van der Waals surface area contributed by atoms with Crippen molar-refractivity contribution in [2.75, 3.05) is 11.9 Å². The van der Waals surface area contributed by atoms with Crippen LogP contribution in [0.2, 0.25) is 0 Å². The molecule has 0 spiro atoms. The van der Waals surface area contributed by atoms with Crippen LogP contribution in [0.15, 0.2) is 24.5 Å². The molecule has 1 fully saturated rings. The Morgan fingerprint density at radius 3 is 2.83 bits per heavy atom. The van der Waals surface area contributed by atoms with Crippen molar-refractivity contribution < 1.29 is 9.59 Å². The highest BCUT2D eigenvalue weighted by Gasteiger charge is 2.38. The zero-order valence-corrected chi connectivity index (χ0v) is 13.7. The molecular formula is C16H20N6O2. The molecule has 1 aliphatic rings. The highest BCUT2D eigenvalue weighted by molar-refractivity contribution is 5.92. The summed E-state index contributed by atoms with van der Waals surface area (Å²) in [4.78, 5) is 23.8. The van der Waals surface area contributed by atoms with E-state index >= 15 is 0 Å². The van der Waals surface area contributed by atoms with E-state index in [1.807, 2.05) is 25.1 Å². The van der Waals surface area contributed by atoms with Crippen molar-refractivity contribution >= 4 is 17.5 Å². The predicted molar refractivity (Wildman–Crippen MR) is 87.4 cm³/mol. The lowest BCUT2D eigenvalue weighted by atomic mass is 10.1. The van der Waals surface area contributed by atoms with E-state index in [1.165, 1.54) is 11.0 Å². The number of nitrogens with zero attached hydrogens (tertiary/aromatic N) is 4. The third-order valence-corrected chi connectivity index (χ3v) is 4.21. The molecule has 1 heterocycles. The van der Waals surface area contributed by atoms with Gasteiger partial charge in [-0.3, -0.25) is 9.59 Å². The second kappa shape index (κ2) is 6.77. The van der Waals surface area contributed by atoms with Crippen LogP contribution in [-0.4, -0.2) is 38.6 Å². The standard InChI is InChI=1S/C16H20N6O2/c1-10-3-4-12(22-9-18-20-21-22)8-14(10)19-15(23)5-6-17-16(24)13-7-11(13)2/h3-4,8-9,11,13H,5-7H2,1-2H3,(H,17,24)(H,19,23). The molecule has 24 heavy (non-hydrogen) atoms. The Kier molecular flexibility index (Phi) is 4.54. The summed E-state index contributed by atoms with van der Waals surface area (Å²) in [7, 11) is 0. The van der Waals surface area contributed by atoms with E-state index < -0.39 is 0 Å². The number of hydrogen-bond acceptors (Lipinski definition) is 5. The minimum atomic E-state index is -0.142. The molecule has 126 valence electrons. The summed E-state index contributed by atoms with van der Waals surface area (Å²) in [5.41, 5.74) is 2.41. The number of rotatable bonds is 6. The molecule has 0 saturated heterocycles. The molecule has 2 N–H and O–H groups in total. The van der Waals surface area contributed by atoms with Crippen molar-refractivity contribution in [3.8, 4) is 5.69 Å². The average molecular weight is 328 g/mol. The van der Waals surface area contributed by atoms with Crippen molar-refractivity contribution in [1.29, 1.82) is 0 Å². The zero-order chi connectivity index (χ0) is 17.1. The second-order valence-electron chi connectivity index (χ2n) is 6.16. The van der Waals surface area contributed by atoms with Gasteiger partial charge in [0.25, 0.3) is 0 Å². The summed E-state index contributed by atoms with van der Waals surface area (Å²) in [5, 5.41) is 16.7. The first-order valence-electron chi connectivity index (χ1n) is 7.96. The maximum absolute atomic E-state index is 12.1. The van der Waals surface area contributed by atoms with Gasteiger partial charge in [0, 0.05) is 24.6 Å². The summed E-state index contributed by atoms with van der Waals surface area (Å²) in [5.74, 6) is 0.502. The van der Waals surface area contributed by atoms with Crippen molar-refractivity contribution in [2.24, 2.45) is 11.8 Å². The van der Waals surface area contributed by atoms with Crippen LogP contribution in [0.4, 0.5) is 5.69 Å². The lowest BCUT2D eigenvalue weighted by Gasteiger charge is -2.11. The van der Waals surface area contributed by atoms with Crippen LogP contribution in [0.3, 0.4) is 0 Å². The molecule has 1 aliphatic carbocycles. The van der Waals surface area contributed by atoms with E-state index in [0.717, 1.165) is 17.7 Å². The van der Waals surface area contributed by atoms with Gasteiger partial charge >= 0.3 is 0 Å². The normalized spacial score (nSPS) is 18.9. The highest BCUT2D eigenvalue weighted by atomic mass is 16.2. The van der Waals surface area contributed by atoms with Crippen LogP contribution in [0.1, 0.15) is 25.3 Å². The fourth-order valence-corrected chi connectivity index (χ4v) is 2.50. The molecule has 2 unspecified atom stereocenters.